The minimum Gasteiger partial charge on any atom is -0.452 e. The van der Waals surface area contributed by atoms with Gasteiger partial charge in [0, 0.05) is 10.0 Å². The molecule has 0 aliphatic carbocycles. The summed E-state index contributed by atoms with van der Waals surface area (Å²) in [7, 11) is -3.79. The molecule has 0 saturated heterocycles. The molecular weight excluding hydrogens is 447 g/mol. The predicted molar refractivity (Wildman–Crippen MR) is 108 cm³/mol. The number of nitrogens with one attached hydrogen (secondary N) is 2. The maximum atomic E-state index is 12.2. The first-order chi connectivity index (χ1) is 13.1. The number of sulfonamides is 1. The molecule has 1 heterocycles. The largest absolute Gasteiger partial charge is 0.452 e. The second-order valence-electron chi connectivity index (χ2n) is 5.78. The van der Waals surface area contributed by atoms with Crippen molar-refractivity contribution in [3.63, 3.8) is 0 Å². The molecule has 7 nitrogen and oxygen atoms in total. The van der Waals surface area contributed by atoms with Crippen LogP contribution in [0.15, 0.2) is 39.9 Å². The third-order valence-corrected chi connectivity index (χ3v) is 6.99. The van der Waals surface area contributed by atoms with E-state index in [1.807, 2.05) is 0 Å². The highest BCUT2D eigenvalue weighted by molar-refractivity contribution is 7.91. The van der Waals surface area contributed by atoms with Gasteiger partial charge in [-0.3, -0.25) is 9.59 Å². The molecule has 28 heavy (non-hydrogen) atoms. The molecule has 2 atom stereocenters. The highest BCUT2D eigenvalue weighted by atomic mass is 35.5. The Kier molecular flexibility index (Phi) is 7.85. The summed E-state index contributed by atoms with van der Waals surface area (Å²) in [6.07, 6.45) is -1.12. The van der Waals surface area contributed by atoms with Crippen LogP contribution in [-0.2, 0) is 24.3 Å². The molecule has 1 amide bonds. The number of thiophene rings is 1. The summed E-state index contributed by atoms with van der Waals surface area (Å²) >= 11 is 13.0. The fourth-order valence-corrected chi connectivity index (χ4v) is 4.77. The molecular formula is C17H18Cl2N2O5S2. The smallest absolute Gasteiger partial charge is 0.321 e. The molecule has 0 fully saturated rings. The molecule has 2 unspecified atom stereocenters. The summed E-state index contributed by atoms with van der Waals surface area (Å²) in [6, 6.07) is 7.44. The van der Waals surface area contributed by atoms with Gasteiger partial charge in [-0.2, -0.15) is 4.72 Å². The molecule has 1 aromatic heterocycles. The third kappa shape index (κ3) is 6.18. The Balaban J connectivity index is 1.86. The number of halogens is 2. The summed E-state index contributed by atoms with van der Waals surface area (Å²) in [5.74, 6) is -1.42. The van der Waals surface area contributed by atoms with E-state index in [1.165, 1.54) is 13.0 Å². The van der Waals surface area contributed by atoms with Gasteiger partial charge in [0.1, 0.15) is 10.8 Å². The first-order valence-corrected chi connectivity index (χ1v) is 11.2. The number of hydrogen-bond acceptors (Lipinski definition) is 6. The summed E-state index contributed by atoms with van der Waals surface area (Å²) in [6.45, 7) is 2.52. The van der Waals surface area contributed by atoms with Gasteiger partial charge in [0.15, 0.2) is 6.10 Å². The van der Waals surface area contributed by atoms with E-state index in [1.54, 1.807) is 36.6 Å². The molecule has 0 saturated carbocycles. The number of benzene rings is 1. The van der Waals surface area contributed by atoms with E-state index < -0.39 is 40.6 Å². The Morgan fingerprint density at radius 1 is 1.21 bits per heavy atom. The average Bonchev–Trinajstić information content (AvgIpc) is 3.15. The lowest BCUT2D eigenvalue weighted by Crippen LogP contribution is -2.39. The van der Waals surface area contributed by atoms with Crippen molar-refractivity contribution in [3.8, 4) is 0 Å². The third-order valence-electron chi connectivity index (χ3n) is 3.63. The normalized spacial score (nSPS) is 13.6. The zero-order valence-electron chi connectivity index (χ0n) is 14.9. The fraction of sp³-hybridized carbons (Fsp3) is 0.294. The second kappa shape index (κ2) is 9.71. The van der Waals surface area contributed by atoms with Gasteiger partial charge in [-0.1, -0.05) is 35.3 Å². The maximum absolute atomic E-state index is 12.2. The molecule has 0 radical (unpaired) electrons. The first-order valence-electron chi connectivity index (χ1n) is 8.08. The van der Waals surface area contributed by atoms with Gasteiger partial charge in [-0.05, 0) is 43.0 Å². The minimum absolute atomic E-state index is 0.0831. The van der Waals surface area contributed by atoms with Gasteiger partial charge in [0.05, 0.1) is 6.04 Å². The lowest BCUT2D eigenvalue weighted by molar-refractivity contribution is -0.153. The highest BCUT2D eigenvalue weighted by Crippen LogP contribution is 2.26. The van der Waals surface area contributed by atoms with E-state index in [2.05, 4.69) is 10.0 Å². The van der Waals surface area contributed by atoms with Crippen LogP contribution in [0.5, 0.6) is 0 Å². The number of esters is 1. The molecule has 0 spiro atoms. The van der Waals surface area contributed by atoms with Crippen LogP contribution in [0.1, 0.15) is 25.5 Å². The predicted octanol–water partition coefficient (Wildman–Crippen LogP) is 3.14. The van der Waals surface area contributed by atoms with Crippen molar-refractivity contribution >= 4 is 56.4 Å². The lowest BCUT2D eigenvalue weighted by atomic mass is 10.1. The van der Waals surface area contributed by atoms with Crippen molar-refractivity contribution in [1.82, 2.24) is 10.0 Å². The highest BCUT2D eigenvalue weighted by Gasteiger charge is 2.23. The Bertz CT molecular complexity index is 948. The summed E-state index contributed by atoms with van der Waals surface area (Å²) in [5.41, 5.74) is 0.654. The standard InChI is InChI=1S/C17H18Cl2N2O5S2/c1-10(13-6-5-12(18)8-14(13)19)21-17(23)11(2)26-15(22)9-20-28(24,25)16-4-3-7-27-16/h3-8,10-11,20H,9H2,1-2H3,(H,21,23). The van der Waals surface area contributed by atoms with Crippen molar-refractivity contribution in [2.75, 3.05) is 6.54 Å². The maximum Gasteiger partial charge on any atom is 0.321 e. The van der Waals surface area contributed by atoms with Gasteiger partial charge >= 0.3 is 5.97 Å². The van der Waals surface area contributed by atoms with Crippen LogP contribution in [0.2, 0.25) is 10.0 Å². The molecule has 152 valence electrons. The summed E-state index contributed by atoms with van der Waals surface area (Å²) in [4.78, 5) is 24.1. The van der Waals surface area contributed by atoms with Gasteiger partial charge in [0.25, 0.3) is 15.9 Å². The zero-order valence-corrected chi connectivity index (χ0v) is 18.1. The Morgan fingerprint density at radius 3 is 2.54 bits per heavy atom. The van der Waals surface area contributed by atoms with Crippen molar-refractivity contribution in [3.05, 3.63) is 51.3 Å². The van der Waals surface area contributed by atoms with Crippen LogP contribution in [0.25, 0.3) is 0 Å². The van der Waals surface area contributed by atoms with E-state index in [0.717, 1.165) is 11.3 Å². The molecule has 0 aliphatic heterocycles. The molecule has 2 rings (SSSR count). The van der Waals surface area contributed by atoms with Gasteiger partial charge in [-0.15, -0.1) is 11.3 Å². The van der Waals surface area contributed by atoms with Crippen molar-refractivity contribution in [2.24, 2.45) is 0 Å². The Hall–Kier alpha value is -1.65. The van der Waals surface area contributed by atoms with Crippen LogP contribution < -0.4 is 10.0 Å². The quantitative estimate of drug-likeness (QED) is 0.584. The molecule has 0 aliphatic rings. The number of carbonyl (C=O) groups excluding carboxylic acids is 2. The van der Waals surface area contributed by atoms with Crippen LogP contribution in [-0.4, -0.2) is 32.9 Å². The second-order valence-corrected chi connectivity index (χ2v) is 9.57. The molecule has 2 N–H and O–H groups in total. The number of rotatable bonds is 8. The average molecular weight is 465 g/mol. The van der Waals surface area contributed by atoms with E-state index >= 15 is 0 Å². The minimum atomic E-state index is -3.79. The topological polar surface area (TPSA) is 102 Å². The summed E-state index contributed by atoms with van der Waals surface area (Å²) < 4.78 is 31.1. The lowest BCUT2D eigenvalue weighted by Gasteiger charge is -2.19. The Morgan fingerprint density at radius 2 is 1.93 bits per heavy atom. The molecule has 1 aromatic carbocycles. The summed E-state index contributed by atoms with van der Waals surface area (Å²) in [5, 5.41) is 5.15. The number of hydrogen-bond donors (Lipinski definition) is 2. The van der Waals surface area contributed by atoms with Gasteiger partial charge < -0.3 is 10.1 Å². The molecule has 0 bridgehead atoms. The molecule has 2 aromatic rings. The molecule has 11 heteroatoms. The van der Waals surface area contributed by atoms with Crippen LogP contribution >= 0.6 is 34.5 Å². The first kappa shape index (κ1) is 22.6. The number of carbonyl (C=O) groups is 2. The fourth-order valence-electron chi connectivity index (χ4n) is 2.19. The van der Waals surface area contributed by atoms with E-state index in [9.17, 15) is 18.0 Å². The van der Waals surface area contributed by atoms with Crippen LogP contribution in [0.4, 0.5) is 0 Å². The van der Waals surface area contributed by atoms with Gasteiger partial charge in [-0.25, -0.2) is 8.42 Å². The monoisotopic (exact) mass is 464 g/mol. The van der Waals surface area contributed by atoms with E-state index in [0.29, 0.717) is 15.6 Å². The van der Waals surface area contributed by atoms with Crippen molar-refractivity contribution < 1.29 is 22.7 Å². The zero-order chi connectivity index (χ0) is 20.9. The van der Waals surface area contributed by atoms with Crippen LogP contribution in [0.3, 0.4) is 0 Å². The number of amides is 1. The van der Waals surface area contributed by atoms with Crippen molar-refractivity contribution in [1.29, 1.82) is 0 Å². The van der Waals surface area contributed by atoms with E-state index in [-0.39, 0.29) is 4.21 Å². The van der Waals surface area contributed by atoms with E-state index in [4.69, 9.17) is 27.9 Å². The Labute approximate surface area is 177 Å². The van der Waals surface area contributed by atoms with Gasteiger partial charge in [0.2, 0.25) is 0 Å². The SMILES string of the molecule is CC(OC(=O)CNS(=O)(=O)c1cccs1)C(=O)NC(C)c1ccc(Cl)cc1Cl. The van der Waals surface area contributed by atoms with Crippen LogP contribution in [0, 0.1) is 0 Å². The number of ether oxygens (including phenoxy) is 1. The van der Waals surface area contributed by atoms with Crippen molar-refractivity contribution in [2.45, 2.75) is 30.2 Å².